The molecule has 4 N–H and O–H groups in total. The molecular weight excluding hydrogens is 146 g/mol. The Hall–Kier alpha value is -1.62. The largest absolute Gasteiger partial charge is 0.739 e. The lowest BCUT2D eigenvalue weighted by molar-refractivity contribution is -0.436. The molecule has 0 heterocycles. The molecule has 0 atom stereocenters. The lowest BCUT2D eigenvalue weighted by atomic mass is 10.3. The van der Waals surface area contributed by atoms with Crippen LogP contribution in [0.15, 0.2) is 35.6 Å². The van der Waals surface area contributed by atoms with E-state index in [-0.39, 0.29) is 16.7 Å². The molecule has 1 aromatic carbocycles. The molecule has 60 valence electrons. The highest BCUT2D eigenvalue weighted by atomic mass is 16.6. The molecule has 0 radical (unpaired) electrons. The van der Waals surface area contributed by atoms with Crippen molar-refractivity contribution in [1.29, 1.82) is 0 Å². The fraction of sp³-hybridized carbons (Fsp3) is 0. The van der Waals surface area contributed by atoms with Gasteiger partial charge in [-0.2, -0.15) is 0 Å². The molecule has 0 aliphatic carbocycles. The number of hydrogen-bond acceptors (Lipinski definition) is 3. The zero-order valence-corrected chi connectivity index (χ0v) is 6.10. The topological polar surface area (TPSA) is 98.0 Å². The monoisotopic (exact) mass is 155 g/mol. The SMILES string of the molecule is [NH4+].[O-]/N=[N+](/[O-])c1ccccc1. The summed E-state index contributed by atoms with van der Waals surface area (Å²) in [6.45, 7) is 0. The van der Waals surface area contributed by atoms with Crippen molar-refractivity contribution in [2.75, 3.05) is 0 Å². The summed E-state index contributed by atoms with van der Waals surface area (Å²) in [6, 6.07) is 8.09. The fourth-order valence-electron chi connectivity index (χ4n) is 0.603. The van der Waals surface area contributed by atoms with E-state index in [1.807, 2.05) is 0 Å². The fourth-order valence-corrected chi connectivity index (χ4v) is 0.603. The number of benzene rings is 1. The summed E-state index contributed by atoms with van der Waals surface area (Å²) in [5, 5.41) is 22.3. The van der Waals surface area contributed by atoms with Crippen LogP contribution < -0.4 is 6.15 Å². The second-order valence-electron chi connectivity index (χ2n) is 1.69. The smallest absolute Gasteiger partial charge is 0.244 e. The molecule has 0 saturated carbocycles. The second-order valence-corrected chi connectivity index (χ2v) is 1.69. The summed E-state index contributed by atoms with van der Waals surface area (Å²) < 4.78 is 0. The van der Waals surface area contributed by atoms with Crippen molar-refractivity contribution in [2.24, 2.45) is 5.28 Å². The Bertz CT molecular complexity index is 235. The lowest BCUT2D eigenvalue weighted by Crippen LogP contribution is -1.87. The van der Waals surface area contributed by atoms with Gasteiger partial charge in [-0.1, -0.05) is 23.1 Å². The van der Waals surface area contributed by atoms with E-state index in [0.717, 1.165) is 0 Å². The van der Waals surface area contributed by atoms with Gasteiger partial charge < -0.3 is 16.6 Å². The van der Waals surface area contributed by atoms with Crippen molar-refractivity contribution in [3.05, 3.63) is 40.7 Å². The Balaban J connectivity index is 0.000001000. The van der Waals surface area contributed by atoms with E-state index in [9.17, 15) is 10.4 Å². The van der Waals surface area contributed by atoms with E-state index in [1.54, 1.807) is 18.2 Å². The van der Waals surface area contributed by atoms with Crippen molar-refractivity contribution < 1.29 is 4.86 Å². The highest BCUT2D eigenvalue weighted by Crippen LogP contribution is 2.08. The predicted octanol–water partition coefficient (Wildman–Crippen LogP) is 2.15. The van der Waals surface area contributed by atoms with Crippen molar-refractivity contribution in [2.45, 2.75) is 0 Å². The lowest BCUT2D eigenvalue weighted by Gasteiger charge is -1.98. The summed E-state index contributed by atoms with van der Waals surface area (Å²) in [6.07, 6.45) is 0. The van der Waals surface area contributed by atoms with Gasteiger partial charge in [0.25, 0.3) is 0 Å². The molecule has 0 aromatic heterocycles. The van der Waals surface area contributed by atoms with Crippen LogP contribution in [-0.2, 0) is 0 Å². The van der Waals surface area contributed by atoms with Crippen LogP contribution in [0, 0.1) is 10.4 Å². The number of quaternary nitrogens is 1. The Morgan fingerprint density at radius 1 is 1.18 bits per heavy atom. The third-order valence-electron chi connectivity index (χ3n) is 1.05. The van der Waals surface area contributed by atoms with Crippen LogP contribution in [0.4, 0.5) is 5.69 Å². The molecule has 1 rings (SSSR count). The highest BCUT2D eigenvalue weighted by Gasteiger charge is 1.95. The maximum atomic E-state index is 10.5. The van der Waals surface area contributed by atoms with Crippen LogP contribution in [0.25, 0.3) is 0 Å². The normalized spacial score (nSPS) is 10.4. The van der Waals surface area contributed by atoms with Crippen LogP contribution in [0.1, 0.15) is 0 Å². The third kappa shape index (κ3) is 2.23. The second kappa shape index (κ2) is 4.24. The van der Waals surface area contributed by atoms with Gasteiger partial charge in [-0.3, -0.25) is 0 Å². The minimum absolute atomic E-state index is 0. The van der Waals surface area contributed by atoms with Gasteiger partial charge in [0.05, 0.1) is 0 Å². The molecule has 0 aliphatic heterocycles. The van der Waals surface area contributed by atoms with Gasteiger partial charge in [0.1, 0.15) is 0 Å². The van der Waals surface area contributed by atoms with E-state index in [1.165, 1.54) is 12.1 Å². The zero-order chi connectivity index (χ0) is 7.40. The van der Waals surface area contributed by atoms with E-state index in [4.69, 9.17) is 0 Å². The average molecular weight is 155 g/mol. The van der Waals surface area contributed by atoms with Gasteiger partial charge in [-0.05, 0) is 5.28 Å². The van der Waals surface area contributed by atoms with Crippen molar-refractivity contribution in [3.8, 4) is 0 Å². The Labute approximate surface area is 63.7 Å². The first-order chi connectivity index (χ1) is 4.84. The Morgan fingerprint density at radius 3 is 2.18 bits per heavy atom. The molecule has 1 aromatic rings. The van der Waals surface area contributed by atoms with Crippen molar-refractivity contribution in [1.82, 2.24) is 6.15 Å². The first kappa shape index (κ1) is 9.38. The van der Waals surface area contributed by atoms with Crippen LogP contribution in [0.2, 0.25) is 0 Å². The summed E-state index contributed by atoms with van der Waals surface area (Å²) in [4.78, 5) is 0.0278. The first-order valence-electron chi connectivity index (χ1n) is 2.70. The van der Waals surface area contributed by atoms with Gasteiger partial charge in [-0.15, -0.1) is 0 Å². The van der Waals surface area contributed by atoms with E-state index < -0.39 is 0 Å². The Morgan fingerprint density at radius 2 is 1.73 bits per heavy atom. The maximum absolute atomic E-state index is 10.5. The van der Waals surface area contributed by atoms with Gasteiger partial charge in [0.2, 0.25) is 5.69 Å². The highest BCUT2D eigenvalue weighted by molar-refractivity contribution is 5.27. The Kier molecular flexibility index (Phi) is 3.61. The van der Waals surface area contributed by atoms with E-state index in [2.05, 4.69) is 5.28 Å². The maximum Gasteiger partial charge on any atom is 0.244 e. The van der Waals surface area contributed by atoms with Gasteiger partial charge >= 0.3 is 0 Å². The molecule has 5 nitrogen and oxygen atoms in total. The van der Waals surface area contributed by atoms with Crippen LogP contribution >= 0.6 is 0 Å². The van der Waals surface area contributed by atoms with Crippen LogP contribution in [0.3, 0.4) is 0 Å². The summed E-state index contributed by atoms with van der Waals surface area (Å²) >= 11 is 0. The quantitative estimate of drug-likeness (QED) is 0.381. The number of hydrogen-bond donors (Lipinski definition) is 1. The minimum Gasteiger partial charge on any atom is -0.739 e. The summed E-state index contributed by atoms with van der Waals surface area (Å²) in [5.41, 5.74) is 0.248. The summed E-state index contributed by atoms with van der Waals surface area (Å²) in [7, 11) is 0. The first-order valence-corrected chi connectivity index (χ1v) is 2.70. The standard InChI is InChI=1S/C6H6N2O2.H3N/c9-7-8(10)6-4-2-1-3-5-6;/h1-5,9H;1H3/b8-7+;. The number of para-hydroxylation sites is 1. The molecule has 5 heteroatoms. The minimum atomic E-state index is 0. The molecular formula is C6H9N3O2. The predicted molar refractivity (Wildman–Crippen MR) is 41.5 cm³/mol. The molecule has 0 saturated heterocycles. The molecule has 0 unspecified atom stereocenters. The molecule has 0 fully saturated rings. The average Bonchev–Trinajstić information content (AvgIpc) is 2.05. The van der Waals surface area contributed by atoms with E-state index >= 15 is 0 Å². The van der Waals surface area contributed by atoms with Crippen molar-refractivity contribution in [3.63, 3.8) is 0 Å². The van der Waals surface area contributed by atoms with Crippen LogP contribution in [-0.4, -0.2) is 4.86 Å². The summed E-state index contributed by atoms with van der Waals surface area (Å²) in [5.74, 6) is 0. The van der Waals surface area contributed by atoms with Crippen molar-refractivity contribution >= 4 is 5.69 Å². The number of rotatable bonds is 1. The molecule has 0 spiro atoms. The number of nitrogens with zero attached hydrogens (tertiary/aromatic N) is 2. The van der Waals surface area contributed by atoms with E-state index in [0.29, 0.717) is 0 Å². The molecule has 0 bridgehead atoms. The molecule has 0 aliphatic rings. The third-order valence-corrected chi connectivity index (χ3v) is 1.05. The zero-order valence-electron chi connectivity index (χ0n) is 6.10. The molecule has 11 heavy (non-hydrogen) atoms. The van der Waals surface area contributed by atoms with Gasteiger partial charge in [-0.25, -0.2) is 0 Å². The molecule has 0 amide bonds. The van der Waals surface area contributed by atoms with Crippen LogP contribution in [0.5, 0.6) is 0 Å². The van der Waals surface area contributed by atoms with Gasteiger partial charge in [0, 0.05) is 12.1 Å². The van der Waals surface area contributed by atoms with Gasteiger partial charge in [0.15, 0.2) is 0 Å².